The summed E-state index contributed by atoms with van der Waals surface area (Å²) >= 11 is 0. The molecule has 2 aromatic rings. The molecule has 1 N–H and O–H groups in total. The van der Waals surface area contributed by atoms with Gasteiger partial charge < -0.3 is 9.84 Å². The van der Waals surface area contributed by atoms with Crippen LogP contribution < -0.4 is 4.74 Å². The van der Waals surface area contributed by atoms with Gasteiger partial charge in [0, 0.05) is 5.56 Å². The van der Waals surface area contributed by atoms with Gasteiger partial charge in [0.15, 0.2) is 0 Å². The van der Waals surface area contributed by atoms with Gasteiger partial charge in [0.2, 0.25) is 0 Å². The Kier molecular flexibility index (Phi) is 3.95. The molecule has 0 saturated heterocycles. The number of hydrogen-bond acceptors (Lipinski definition) is 2. The Labute approximate surface area is 106 Å². The topological polar surface area (TPSA) is 29.5 Å². The second-order valence-electron chi connectivity index (χ2n) is 4.13. The predicted molar refractivity (Wildman–Crippen MR) is 67.8 cm³/mol. The molecule has 0 unspecified atom stereocenters. The van der Waals surface area contributed by atoms with Crippen molar-refractivity contribution in [1.29, 1.82) is 0 Å². The molecule has 18 heavy (non-hydrogen) atoms. The van der Waals surface area contributed by atoms with Crippen molar-refractivity contribution in [2.24, 2.45) is 0 Å². The van der Waals surface area contributed by atoms with E-state index in [0.717, 1.165) is 5.56 Å². The van der Waals surface area contributed by atoms with Gasteiger partial charge in [-0.1, -0.05) is 30.3 Å². The van der Waals surface area contributed by atoms with E-state index < -0.39 is 6.10 Å². The summed E-state index contributed by atoms with van der Waals surface area (Å²) in [5.41, 5.74) is 1.29. The molecule has 2 rings (SSSR count). The molecule has 0 aromatic heterocycles. The fraction of sp³-hybridized carbons (Fsp3) is 0.200. The second kappa shape index (κ2) is 5.65. The highest BCUT2D eigenvalue weighted by atomic mass is 19.1. The highest BCUT2D eigenvalue weighted by Gasteiger charge is 2.04. The van der Waals surface area contributed by atoms with Crippen LogP contribution in [0.15, 0.2) is 48.5 Å². The smallest absolute Gasteiger partial charge is 0.129 e. The van der Waals surface area contributed by atoms with Gasteiger partial charge in [0.05, 0.1) is 6.10 Å². The highest BCUT2D eigenvalue weighted by molar-refractivity contribution is 5.30. The molecule has 0 aliphatic heterocycles. The first-order chi connectivity index (χ1) is 8.66. The van der Waals surface area contributed by atoms with Crippen LogP contribution in [0.3, 0.4) is 0 Å². The lowest BCUT2D eigenvalue weighted by Crippen LogP contribution is -1.99. The van der Waals surface area contributed by atoms with Gasteiger partial charge in [-0.3, -0.25) is 0 Å². The van der Waals surface area contributed by atoms with E-state index >= 15 is 0 Å². The monoisotopic (exact) mass is 246 g/mol. The zero-order valence-corrected chi connectivity index (χ0v) is 10.1. The van der Waals surface area contributed by atoms with E-state index in [4.69, 9.17) is 4.74 Å². The molecule has 0 aliphatic rings. The minimum Gasteiger partial charge on any atom is -0.489 e. The van der Waals surface area contributed by atoms with Gasteiger partial charge in [0.25, 0.3) is 0 Å². The molecule has 0 fully saturated rings. The minimum atomic E-state index is -0.540. The first-order valence-corrected chi connectivity index (χ1v) is 5.81. The Hall–Kier alpha value is -1.87. The van der Waals surface area contributed by atoms with Gasteiger partial charge in [-0.2, -0.15) is 0 Å². The molecule has 2 nitrogen and oxygen atoms in total. The number of halogens is 1. The lowest BCUT2D eigenvalue weighted by Gasteiger charge is -2.10. The molecular weight excluding hydrogens is 231 g/mol. The Morgan fingerprint density at radius 3 is 2.67 bits per heavy atom. The largest absolute Gasteiger partial charge is 0.489 e. The molecule has 0 amide bonds. The number of aliphatic hydroxyl groups excluding tert-OH is 1. The normalized spacial score (nSPS) is 12.2. The fourth-order valence-electron chi connectivity index (χ4n) is 1.64. The average Bonchev–Trinajstić information content (AvgIpc) is 2.38. The third-order valence-corrected chi connectivity index (χ3v) is 2.69. The molecule has 3 heteroatoms. The summed E-state index contributed by atoms with van der Waals surface area (Å²) in [7, 11) is 0. The summed E-state index contributed by atoms with van der Waals surface area (Å²) in [6.45, 7) is 1.87. The number of hydrogen-bond donors (Lipinski definition) is 1. The van der Waals surface area contributed by atoms with Crippen LogP contribution >= 0.6 is 0 Å². The van der Waals surface area contributed by atoms with Gasteiger partial charge in [-0.05, 0) is 30.7 Å². The number of ether oxygens (including phenoxy) is 1. The molecule has 2 aromatic carbocycles. The van der Waals surface area contributed by atoms with Crippen molar-refractivity contribution in [2.75, 3.05) is 0 Å². The Bertz CT molecular complexity index is 523. The van der Waals surface area contributed by atoms with Crippen molar-refractivity contribution in [3.05, 3.63) is 65.5 Å². The molecule has 0 aliphatic carbocycles. The fourth-order valence-corrected chi connectivity index (χ4v) is 1.64. The van der Waals surface area contributed by atoms with E-state index in [-0.39, 0.29) is 12.4 Å². The van der Waals surface area contributed by atoms with Crippen molar-refractivity contribution >= 4 is 0 Å². The Balaban J connectivity index is 2.07. The van der Waals surface area contributed by atoms with Gasteiger partial charge in [-0.15, -0.1) is 0 Å². The maximum atomic E-state index is 13.4. The molecule has 94 valence electrons. The third kappa shape index (κ3) is 3.08. The van der Waals surface area contributed by atoms with Crippen LogP contribution in [0.2, 0.25) is 0 Å². The lowest BCUT2D eigenvalue weighted by molar-refractivity contribution is 0.198. The number of rotatable bonds is 4. The predicted octanol–water partition coefficient (Wildman–Crippen LogP) is 3.46. The summed E-state index contributed by atoms with van der Waals surface area (Å²) in [4.78, 5) is 0. The van der Waals surface area contributed by atoms with E-state index in [1.165, 1.54) is 6.07 Å². The van der Waals surface area contributed by atoms with Crippen LogP contribution in [-0.2, 0) is 6.61 Å². The lowest BCUT2D eigenvalue weighted by atomic mass is 10.1. The van der Waals surface area contributed by atoms with E-state index in [1.54, 1.807) is 43.3 Å². The Morgan fingerprint density at radius 1 is 1.17 bits per heavy atom. The Morgan fingerprint density at radius 2 is 1.94 bits per heavy atom. The van der Waals surface area contributed by atoms with Crippen molar-refractivity contribution in [2.45, 2.75) is 19.6 Å². The van der Waals surface area contributed by atoms with E-state index in [2.05, 4.69) is 0 Å². The zero-order chi connectivity index (χ0) is 13.0. The summed E-state index contributed by atoms with van der Waals surface area (Å²) < 4.78 is 18.9. The molecular formula is C15H15FO2. The van der Waals surface area contributed by atoms with Crippen molar-refractivity contribution in [3.63, 3.8) is 0 Å². The molecule has 0 spiro atoms. The third-order valence-electron chi connectivity index (χ3n) is 2.69. The first kappa shape index (κ1) is 12.6. The molecule has 0 saturated carbocycles. The quantitative estimate of drug-likeness (QED) is 0.895. The van der Waals surface area contributed by atoms with Crippen LogP contribution in [0.5, 0.6) is 5.75 Å². The zero-order valence-electron chi connectivity index (χ0n) is 10.1. The summed E-state index contributed by atoms with van der Waals surface area (Å²) in [5.74, 6) is 0.348. The maximum absolute atomic E-state index is 13.4. The second-order valence-corrected chi connectivity index (χ2v) is 4.13. The molecule has 0 bridgehead atoms. The van der Waals surface area contributed by atoms with E-state index in [0.29, 0.717) is 11.3 Å². The van der Waals surface area contributed by atoms with Crippen LogP contribution in [0.25, 0.3) is 0 Å². The summed E-state index contributed by atoms with van der Waals surface area (Å²) in [6.07, 6.45) is -0.540. The van der Waals surface area contributed by atoms with Crippen molar-refractivity contribution in [3.8, 4) is 5.75 Å². The van der Waals surface area contributed by atoms with Crippen LogP contribution in [-0.4, -0.2) is 5.11 Å². The van der Waals surface area contributed by atoms with Crippen molar-refractivity contribution in [1.82, 2.24) is 0 Å². The van der Waals surface area contributed by atoms with Crippen molar-refractivity contribution < 1.29 is 14.2 Å². The minimum absolute atomic E-state index is 0.177. The number of benzene rings is 2. The highest BCUT2D eigenvalue weighted by Crippen LogP contribution is 2.20. The summed E-state index contributed by atoms with van der Waals surface area (Å²) in [6, 6.07) is 13.7. The summed E-state index contributed by atoms with van der Waals surface area (Å²) in [5, 5.41) is 9.46. The van der Waals surface area contributed by atoms with E-state index in [1.807, 2.05) is 6.07 Å². The van der Waals surface area contributed by atoms with Crippen LogP contribution in [0, 0.1) is 5.82 Å². The van der Waals surface area contributed by atoms with E-state index in [9.17, 15) is 9.50 Å². The van der Waals surface area contributed by atoms with Gasteiger partial charge >= 0.3 is 0 Å². The van der Waals surface area contributed by atoms with Gasteiger partial charge in [-0.25, -0.2) is 4.39 Å². The standard InChI is InChI=1S/C15H15FO2/c1-11(17)12-6-4-7-14(9-12)18-10-13-5-2-3-8-15(13)16/h2-9,11,17H,10H2,1H3/t11-/m0/s1. The molecule has 1 atom stereocenters. The molecule has 0 radical (unpaired) electrons. The SMILES string of the molecule is C[C@H](O)c1cccc(OCc2ccccc2F)c1. The maximum Gasteiger partial charge on any atom is 0.129 e. The first-order valence-electron chi connectivity index (χ1n) is 5.81. The van der Waals surface area contributed by atoms with Crippen LogP contribution in [0.1, 0.15) is 24.2 Å². The van der Waals surface area contributed by atoms with Crippen LogP contribution in [0.4, 0.5) is 4.39 Å². The number of aliphatic hydroxyl groups is 1. The van der Waals surface area contributed by atoms with Gasteiger partial charge in [0.1, 0.15) is 18.2 Å². The molecule has 0 heterocycles. The average molecular weight is 246 g/mol.